The Balaban J connectivity index is 3.23. The number of carbonyl (C=O) groups excluding carboxylic acids is 1. The molecule has 0 fully saturated rings. The Morgan fingerprint density at radius 3 is 2.83 bits per heavy atom. The second-order valence-electron chi connectivity index (χ2n) is 2.43. The van der Waals surface area contributed by atoms with Crippen molar-refractivity contribution in [3.8, 4) is 6.07 Å². The first-order valence-electron chi connectivity index (χ1n) is 3.75. The Bertz CT molecular complexity index is 174. The molecule has 0 bridgehead atoms. The molecule has 1 unspecified atom stereocenters. The third-order valence-electron chi connectivity index (χ3n) is 1.27. The van der Waals surface area contributed by atoms with Gasteiger partial charge in [-0.3, -0.25) is 4.79 Å². The molecule has 0 aromatic rings. The van der Waals surface area contributed by atoms with Gasteiger partial charge in [0.1, 0.15) is 0 Å². The number of hydrogen-bond acceptors (Lipinski definition) is 4. The molecule has 0 aromatic carbocycles. The van der Waals surface area contributed by atoms with Gasteiger partial charge in [0.25, 0.3) is 0 Å². The zero-order chi connectivity index (χ0) is 9.40. The van der Waals surface area contributed by atoms with Crippen LogP contribution < -0.4 is 0 Å². The average molecular weight is 171 g/mol. The molecule has 0 aliphatic heterocycles. The van der Waals surface area contributed by atoms with Gasteiger partial charge in [-0.15, -0.1) is 0 Å². The first-order valence-corrected chi connectivity index (χ1v) is 3.75. The Kier molecular flexibility index (Phi) is 6.02. The summed E-state index contributed by atoms with van der Waals surface area (Å²) in [6, 6.07) is 2.03. The molecule has 0 saturated heterocycles. The SMILES string of the molecule is COC(=O)CCOCC(C)C#N. The smallest absolute Gasteiger partial charge is 0.307 e. The maximum Gasteiger partial charge on any atom is 0.307 e. The molecular weight excluding hydrogens is 158 g/mol. The van der Waals surface area contributed by atoms with E-state index in [0.29, 0.717) is 13.2 Å². The quantitative estimate of drug-likeness (QED) is 0.452. The van der Waals surface area contributed by atoms with Crippen LogP contribution in [0.1, 0.15) is 13.3 Å². The zero-order valence-corrected chi connectivity index (χ0v) is 7.37. The highest BCUT2D eigenvalue weighted by atomic mass is 16.5. The van der Waals surface area contributed by atoms with E-state index in [1.165, 1.54) is 7.11 Å². The van der Waals surface area contributed by atoms with E-state index in [2.05, 4.69) is 4.74 Å². The summed E-state index contributed by atoms with van der Waals surface area (Å²) in [4.78, 5) is 10.6. The summed E-state index contributed by atoms with van der Waals surface area (Å²) in [6.45, 7) is 2.45. The van der Waals surface area contributed by atoms with E-state index in [9.17, 15) is 4.79 Å². The predicted octanol–water partition coefficient (Wildman–Crippen LogP) is 0.726. The van der Waals surface area contributed by atoms with E-state index < -0.39 is 0 Å². The second-order valence-corrected chi connectivity index (χ2v) is 2.43. The summed E-state index contributed by atoms with van der Waals surface area (Å²) in [6.07, 6.45) is 0.245. The van der Waals surface area contributed by atoms with Crippen molar-refractivity contribution in [2.45, 2.75) is 13.3 Å². The molecule has 1 atom stereocenters. The van der Waals surface area contributed by atoms with E-state index in [1.807, 2.05) is 6.07 Å². The summed E-state index contributed by atoms with van der Waals surface area (Å²) in [5.41, 5.74) is 0. The van der Waals surface area contributed by atoms with Gasteiger partial charge in [0.2, 0.25) is 0 Å². The van der Waals surface area contributed by atoms with Crippen molar-refractivity contribution in [1.82, 2.24) is 0 Å². The predicted molar refractivity (Wildman–Crippen MR) is 42.2 cm³/mol. The summed E-state index contributed by atoms with van der Waals surface area (Å²) < 4.78 is 9.44. The van der Waals surface area contributed by atoms with Crippen LogP contribution in [-0.4, -0.2) is 26.3 Å². The standard InChI is InChI=1S/C8H13NO3/c1-7(5-9)6-12-4-3-8(10)11-2/h7H,3-4,6H2,1-2H3. The van der Waals surface area contributed by atoms with Gasteiger partial charge in [-0.05, 0) is 6.92 Å². The molecule has 0 amide bonds. The number of rotatable bonds is 5. The van der Waals surface area contributed by atoms with Crippen molar-refractivity contribution < 1.29 is 14.3 Å². The fraction of sp³-hybridized carbons (Fsp3) is 0.750. The van der Waals surface area contributed by atoms with E-state index in [1.54, 1.807) is 6.92 Å². The third-order valence-corrected chi connectivity index (χ3v) is 1.27. The third kappa shape index (κ3) is 5.69. The number of nitriles is 1. The van der Waals surface area contributed by atoms with Crippen molar-refractivity contribution in [1.29, 1.82) is 5.26 Å². The highest BCUT2D eigenvalue weighted by molar-refractivity contribution is 5.69. The molecule has 0 spiro atoms. The number of hydrogen-bond donors (Lipinski definition) is 0. The van der Waals surface area contributed by atoms with Gasteiger partial charge >= 0.3 is 5.97 Å². The molecule has 4 heteroatoms. The maximum absolute atomic E-state index is 10.6. The Morgan fingerprint density at radius 1 is 1.67 bits per heavy atom. The minimum absolute atomic E-state index is 0.123. The Labute approximate surface area is 72.1 Å². The molecule has 0 aliphatic carbocycles. The van der Waals surface area contributed by atoms with Crippen LogP contribution in [0.4, 0.5) is 0 Å². The molecule has 12 heavy (non-hydrogen) atoms. The van der Waals surface area contributed by atoms with Gasteiger partial charge in [0.15, 0.2) is 0 Å². The van der Waals surface area contributed by atoms with Gasteiger partial charge in [0, 0.05) is 0 Å². The van der Waals surface area contributed by atoms with Gasteiger partial charge in [0.05, 0.1) is 38.7 Å². The highest BCUT2D eigenvalue weighted by Gasteiger charge is 2.01. The van der Waals surface area contributed by atoms with Crippen LogP contribution >= 0.6 is 0 Å². The van der Waals surface area contributed by atoms with Gasteiger partial charge in [-0.2, -0.15) is 5.26 Å². The maximum atomic E-state index is 10.6. The first kappa shape index (κ1) is 10.9. The van der Waals surface area contributed by atoms with Gasteiger partial charge < -0.3 is 9.47 Å². The molecule has 0 aromatic heterocycles. The number of nitrogens with zero attached hydrogens (tertiary/aromatic N) is 1. The topological polar surface area (TPSA) is 59.3 Å². The summed E-state index contributed by atoms with van der Waals surface area (Å²) in [5.74, 6) is -0.415. The first-order chi connectivity index (χ1) is 5.70. The van der Waals surface area contributed by atoms with E-state index in [0.717, 1.165) is 0 Å². The lowest BCUT2D eigenvalue weighted by Crippen LogP contribution is -2.09. The minimum Gasteiger partial charge on any atom is -0.469 e. The van der Waals surface area contributed by atoms with Crippen molar-refractivity contribution in [3.63, 3.8) is 0 Å². The van der Waals surface area contributed by atoms with Crippen LogP contribution in [-0.2, 0) is 14.3 Å². The normalized spacial score (nSPS) is 11.8. The zero-order valence-electron chi connectivity index (χ0n) is 7.37. The van der Waals surface area contributed by atoms with Crippen molar-refractivity contribution in [3.05, 3.63) is 0 Å². The van der Waals surface area contributed by atoms with E-state index in [-0.39, 0.29) is 18.3 Å². The molecule has 0 heterocycles. The molecule has 68 valence electrons. The molecule has 0 saturated carbocycles. The molecular formula is C8H13NO3. The number of methoxy groups -OCH3 is 1. The fourth-order valence-electron chi connectivity index (χ4n) is 0.555. The minimum atomic E-state index is -0.292. The fourth-order valence-corrected chi connectivity index (χ4v) is 0.555. The number of carbonyl (C=O) groups is 1. The lowest BCUT2D eigenvalue weighted by Gasteiger charge is -2.03. The summed E-state index contributed by atoms with van der Waals surface area (Å²) >= 11 is 0. The molecule has 0 rings (SSSR count). The Morgan fingerprint density at radius 2 is 2.33 bits per heavy atom. The van der Waals surface area contributed by atoms with Crippen LogP contribution in [0.3, 0.4) is 0 Å². The van der Waals surface area contributed by atoms with Crippen LogP contribution in [0.25, 0.3) is 0 Å². The lowest BCUT2D eigenvalue weighted by atomic mass is 10.2. The van der Waals surface area contributed by atoms with Crippen LogP contribution in [0.15, 0.2) is 0 Å². The van der Waals surface area contributed by atoms with Crippen LogP contribution in [0.5, 0.6) is 0 Å². The van der Waals surface area contributed by atoms with Crippen molar-refractivity contribution in [2.24, 2.45) is 5.92 Å². The summed E-state index contributed by atoms with van der Waals surface area (Å²) in [5, 5.41) is 8.37. The largest absolute Gasteiger partial charge is 0.469 e. The molecule has 4 nitrogen and oxygen atoms in total. The van der Waals surface area contributed by atoms with E-state index in [4.69, 9.17) is 10.00 Å². The molecule has 0 radical (unpaired) electrons. The van der Waals surface area contributed by atoms with Gasteiger partial charge in [-0.25, -0.2) is 0 Å². The van der Waals surface area contributed by atoms with E-state index >= 15 is 0 Å². The molecule has 0 aliphatic rings. The lowest BCUT2D eigenvalue weighted by molar-refractivity contribution is -0.141. The number of ether oxygens (including phenoxy) is 2. The molecule has 0 N–H and O–H groups in total. The van der Waals surface area contributed by atoms with Crippen molar-refractivity contribution >= 4 is 5.97 Å². The van der Waals surface area contributed by atoms with Crippen LogP contribution in [0, 0.1) is 17.2 Å². The summed E-state index contributed by atoms with van der Waals surface area (Å²) in [7, 11) is 1.33. The van der Waals surface area contributed by atoms with Crippen LogP contribution in [0.2, 0.25) is 0 Å². The highest BCUT2D eigenvalue weighted by Crippen LogP contribution is 1.94. The van der Waals surface area contributed by atoms with Crippen molar-refractivity contribution in [2.75, 3.05) is 20.3 Å². The Hall–Kier alpha value is -1.08. The number of esters is 1. The average Bonchev–Trinajstić information content (AvgIpc) is 2.11. The second kappa shape index (κ2) is 6.62. The van der Waals surface area contributed by atoms with Gasteiger partial charge in [-0.1, -0.05) is 0 Å². The monoisotopic (exact) mass is 171 g/mol.